The van der Waals surface area contributed by atoms with E-state index in [2.05, 4.69) is 10.0 Å². The van der Waals surface area contributed by atoms with Gasteiger partial charge in [0.25, 0.3) is 20.0 Å². The molecule has 4 rings (SSSR count). The lowest BCUT2D eigenvalue weighted by atomic mass is 10.1. The second-order valence-corrected chi connectivity index (χ2v) is 13.4. The maximum atomic E-state index is 13.5. The van der Waals surface area contributed by atoms with Crippen molar-refractivity contribution in [1.29, 1.82) is 0 Å². The predicted molar refractivity (Wildman–Crippen MR) is 159 cm³/mol. The fraction of sp³-hybridized carbons (Fsp3) is 0.107. The number of hydrogen-bond acceptors (Lipinski definition) is 5. The van der Waals surface area contributed by atoms with Crippen molar-refractivity contribution in [3.8, 4) is 0 Å². The monoisotopic (exact) mass is 617 g/mol. The molecule has 0 saturated heterocycles. The van der Waals surface area contributed by atoms with E-state index in [0.717, 1.165) is 15.4 Å². The molecule has 0 aliphatic carbocycles. The van der Waals surface area contributed by atoms with Crippen molar-refractivity contribution in [2.45, 2.75) is 23.6 Å². The minimum atomic E-state index is -4.17. The molecule has 4 aromatic carbocycles. The Morgan fingerprint density at radius 2 is 1.40 bits per heavy atom. The number of sulfonamides is 2. The summed E-state index contributed by atoms with van der Waals surface area (Å²) < 4.78 is 56.2. The zero-order valence-corrected chi connectivity index (χ0v) is 24.6. The van der Waals surface area contributed by atoms with Crippen LogP contribution in [0.3, 0.4) is 0 Å². The molecule has 0 aromatic heterocycles. The summed E-state index contributed by atoms with van der Waals surface area (Å²) >= 11 is 12.2. The molecule has 0 saturated carbocycles. The van der Waals surface area contributed by atoms with Crippen LogP contribution in [0, 0.1) is 13.8 Å². The van der Waals surface area contributed by atoms with E-state index < -0.39 is 32.5 Å². The van der Waals surface area contributed by atoms with Gasteiger partial charge in [0.2, 0.25) is 5.91 Å². The van der Waals surface area contributed by atoms with Gasteiger partial charge in [-0.2, -0.15) is 0 Å². The summed E-state index contributed by atoms with van der Waals surface area (Å²) in [6, 6.07) is 22.8. The number of anilines is 3. The second-order valence-electron chi connectivity index (χ2n) is 8.95. The number of amides is 1. The van der Waals surface area contributed by atoms with Gasteiger partial charge in [-0.3, -0.25) is 13.8 Å². The van der Waals surface area contributed by atoms with Crippen molar-refractivity contribution in [2.24, 2.45) is 0 Å². The predicted octanol–water partition coefficient (Wildman–Crippen LogP) is 6.25. The fourth-order valence-electron chi connectivity index (χ4n) is 3.90. The van der Waals surface area contributed by atoms with Gasteiger partial charge in [-0.15, -0.1) is 0 Å². The summed E-state index contributed by atoms with van der Waals surface area (Å²) in [7, 11) is -8.05. The van der Waals surface area contributed by atoms with Crippen LogP contribution in [0.2, 0.25) is 10.0 Å². The maximum absolute atomic E-state index is 13.5. The van der Waals surface area contributed by atoms with Crippen LogP contribution in [0.4, 0.5) is 17.1 Å². The number of benzene rings is 4. The normalized spacial score (nSPS) is 11.6. The number of rotatable bonds is 9. The van der Waals surface area contributed by atoms with Crippen LogP contribution in [0.5, 0.6) is 0 Å². The molecule has 0 heterocycles. The number of nitrogens with zero attached hydrogens (tertiary/aromatic N) is 1. The third-order valence-electron chi connectivity index (χ3n) is 5.83. The van der Waals surface area contributed by atoms with E-state index in [1.165, 1.54) is 54.6 Å². The topological polar surface area (TPSA) is 113 Å². The van der Waals surface area contributed by atoms with Crippen molar-refractivity contribution in [3.05, 3.63) is 112 Å². The first-order valence-corrected chi connectivity index (χ1v) is 15.6. The SMILES string of the molecule is Cc1ccc(NS(=O)(=O)c2ccc(NC(=O)CN(c3cc(Cl)cc(Cl)c3)S(=O)(=O)c3ccccc3)cc2)c(C)c1. The first-order valence-electron chi connectivity index (χ1n) is 11.9. The summed E-state index contributed by atoms with van der Waals surface area (Å²) in [5.41, 5.74) is 2.63. The summed E-state index contributed by atoms with van der Waals surface area (Å²) in [4.78, 5) is 13.0. The highest BCUT2D eigenvalue weighted by atomic mass is 35.5. The van der Waals surface area contributed by atoms with E-state index in [0.29, 0.717) is 5.69 Å². The molecule has 0 atom stereocenters. The highest BCUT2D eigenvalue weighted by molar-refractivity contribution is 7.93. The molecule has 0 radical (unpaired) electrons. The lowest BCUT2D eigenvalue weighted by Crippen LogP contribution is -2.38. The van der Waals surface area contributed by atoms with Crippen molar-refractivity contribution in [3.63, 3.8) is 0 Å². The molecule has 12 heteroatoms. The first-order chi connectivity index (χ1) is 18.8. The van der Waals surface area contributed by atoms with Crippen LogP contribution in [0.25, 0.3) is 0 Å². The summed E-state index contributed by atoms with van der Waals surface area (Å²) in [6.45, 7) is 3.13. The summed E-state index contributed by atoms with van der Waals surface area (Å²) in [6.07, 6.45) is 0. The van der Waals surface area contributed by atoms with Gasteiger partial charge < -0.3 is 5.32 Å². The Balaban J connectivity index is 1.54. The van der Waals surface area contributed by atoms with E-state index >= 15 is 0 Å². The smallest absolute Gasteiger partial charge is 0.264 e. The number of carbonyl (C=O) groups is 1. The minimum absolute atomic E-state index is 0.00711. The van der Waals surface area contributed by atoms with E-state index in [-0.39, 0.29) is 31.2 Å². The maximum Gasteiger partial charge on any atom is 0.264 e. The zero-order chi connectivity index (χ0) is 29.1. The lowest BCUT2D eigenvalue weighted by Gasteiger charge is -2.24. The average Bonchev–Trinajstić information content (AvgIpc) is 2.89. The second kappa shape index (κ2) is 11.9. The molecular formula is C28H25Cl2N3O5S2. The molecular weight excluding hydrogens is 593 g/mol. The molecule has 0 aliphatic heterocycles. The van der Waals surface area contributed by atoms with E-state index in [9.17, 15) is 21.6 Å². The molecule has 0 spiro atoms. The average molecular weight is 619 g/mol. The number of halogens is 2. The molecule has 8 nitrogen and oxygen atoms in total. The number of aryl methyl sites for hydroxylation is 2. The minimum Gasteiger partial charge on any atom is -0.325 e. The lowest BCUT2D eigenvalue weighted by molar-refractivity contribution is -0.114. The molecule has 0 aliphatic rings. The Hall–Kier alpha value is -3.57. The molecule has 208 valence electrons. The van der Waals surface area contributed by atoms with Gasteiger partial charge in [-0.25, -0.2) is 16.8 Å². The van der Waals surface area contributed by atoms with Gasteiger partial charge in [-0.1, -0.05) is 59.1 Å². The Kier molecular flexibility index (Phi) is 8.74. The Morgan fingerprint density at radius 1 is 0.775 bits per heavy atom. The van der Waals surface area contributed by atoms with E-state index in [4.69, 9.17) is 23.2 Å². The standard InChI is InChI=1S/C28H25Cl2N3O5S2/c1-19-8-13-27(20(2)14-19)32-39(35,36)25-11-9-23(10-12-25)31-28(34)18-33(24-16-21(29)15-22(30)17-24)40(37,38)26-6-4-3-5-7-26/h3-17,32H,18H2,1-2H3,(H,31,34). The molecule has 0 unspecified atom stereocenters. The van der Waals surface area contributed by atoms with E-state index in [1.54, 1.807) is 24.3 Å². The van der Waals surface area contributed by atoms with E-state index in [1.807, 2.05) is 26.0 Å². The van der Waals surface area contributed by atoms with Gasteiger partial charge in [0.1, 0.15) is 6.54 Å². The molecule has 2 N–H and O–H groups in total. The molecule has 4 aromatic rings. The third kappa shape index (κ3) is 6.95. The van der Waals surface area contributed by atoms with Gasteiger partial charge in [0.05, 0.1) is 21.2 Å². The van der Waals surface area contributed by atoms with Gasteiger partial charge >= 0.3 is 0 Å². The van der Waals surface area contributed by atoms with Crippen molar-refractivity contribution in [2.75, 3.05) is 20.9 Å². The number of hydrogen-bond donors (Lipinski definition) is 2. The van der Waals surface area contributed by atoms with Crippen molar-refractivity contribution in [1.82, 2.24) is 0 Å². The quantitative estimate of drug-likeness (QED) is 0.231. The number of nitrogens with one attached hydrogen (secondary N) is 2. The van der Waals surface area contributed by atoms with Gasteiger partial charge in [-0.05, 0) is 80.1 Å². The largest absolute Gasteiger partial charge is 0.325 e. The third-order valence-corrected chi connectivity index (χ3v) is 9.43. The first kappa shape index (κ1) is 29.4. The Bertz CT molecular complexity index is 1740. The number of carbonyl (C=O) groups excluding carboxylic acids is 1. The van der Waals surface area contributed by atoms with Crippen LogP contribution < -0.4 is 14.3 Å². The molecule has 1 amide bonds. The zero-order valence-electron chi connectivity index (χ0n) is 21.4. The van der Waals surface area contributed by atoms with Crippen LogP contribution in [-0.2, 0) is 24.8 Å². The fourth-order valence-corrected chi connectivity index (χ4v) is 6.97. The Morgan fingerprint density at radius 3 is 2.00 bits per heavy atom. The van der Waals surface area contributed by atoms with Gasteiger partial charge in [0, 0.05) is 15.7 Å². The van der Waals surface area contributed by atoms with Crippen LogP contribution in [-0.4, -0.2) is 29.3 Å². The highest BCUT2D eigenvalue weighted by Gasteiger charge is 2.28. The molecule has 0 bridgehead atoms. The highest BCUT2D eigenvalue weighted by Crippen LogP contribution is 2.30. The van der Waals surface area contributed by atoms with Gasteiger partial charge in [0.15, 0.2) is 0 Å². The Labute approximate surface area is 243 Å². The summed E-state index contributed by atoms with van der Waals surface area (Å²) in [5.74, 6) is -0.667. The van der Waals surface area contributed by atoms with Crippen LogP contribution >= 0.6 is 23.2 Å². The molecule has 0 fully saturated rings. The van der Waals surface area contributed by atoms with Crippen molar-refractivity contribution >= 4 is 66.2 Å². The van der Waals surface area contributed by atoms with Crippen molar-refractivity contribution < 1.29 is 21.6 Å². The van der Waals surface area contributed by atoms with Crippen LogP contribution in [0.1, 0.15) is 11.1 Å². The van der Waals surface area contributed by atoms with Crippen LogP contribution in [0.15, 0.2) is 101 Å². The molecule has 40 heavy (non-hydrogen) atoms. The summed E-state index contributed by atoms with van der Waals surface area (Å²) in [5, 5.41) is 3.01.